The van der Waals surface area contributed by atoms with Gasteiger partial charge in [0.1, 0.15) is 5.75 Å². The molecule has 0 saturated carbocycles. The minimum absolute atomic E-state index is 0.376. The summed E-state index contributed by atoms with van der Waals surface area (Å²) in [5.41, 5.74) is 7.70. The smallest absolute Gasteiger partial charge is 0.180 e. The van der Waals surface area contributed by atoms with Gasteiger partial charge >= 0.3 is 0 Å². The van der Waals surface area contributed by atoms with Crippen LogP contribution in [0.2, 0.25) is 0 Å². The molecule has 0 aliphatic heterocycles. The highest BCUT2D eigenvalue weighted by Crippen LogP contribution is 2.36. The van der Waals surface area contributed by atoms with Crippen molar-refractivity contribution in [1.82, 2.24) is 0 Å². The molecule has 0 aliphatic carbocycles. The van der Waals surface area contributed by atoms with Crippen LogP contribution in [0.25, 0.3) is 0 Å². The molecule has 0 amide bonds. The van der Waals surface area contributed by atoms with Gasteiger partial charge < -0.3 is 19.9 Å². The number of hydrogen-bond acceptors (Lipinski definition) is 6. The predicted molar refractivity (Wildman–Crippen MR) is 103 cm³/mol. The third kappa shape index (κ3) is 5.15. The van der Waals surface area contributed by atoms with Gasteiger partial charge in [0.05, 0.1) is 33.1 Å². The Morgan fingerprint density at radius 3 is 2.32 bits per heavy atom. The molecule has 0 spiro atoms. The molecule has 132 valence electrons. The molecule has 0 bridgehead atoms. The molecule has 0 radical (unpaired) electrons. The summed E-state index contributed by atoms with van der Waals surface area (Å²) in [6, 6.07) is 13.6. The third-order valence-electron chi connectivity index (χ3n) is 3.34. The molecule has 0 aromatic heterocycles. The summed E-state index contributed by atoms with van der Waals surface area (Å²) >= 11 is 1.42. The molecule has 0 atom stereocenters. The summed E-state index contributed by atoms with van der Waals surface area (Å²) in [6.07, 6.45) is 1.54. The van der Waals surface area contributed by atoms with Crippen LogP contribution in [-0.4, -0.2) is 32.7 Å². The van der Waals surface area contributed by atoms with E-state index < -0.39 is 0 Å². The van der Waals surface area contributed by atoms with Gasteiger partial charge in [-0.3, -0.25) is 0 Å². The van der Waals surface area contributed by atoms with Crippen molar-refractivity contribution in [2.45, 2.75) is 5.75 Å². The lowest BCUT2D eigenvalue weighted by atomic mass is 10.1. The molecule has 6 nitrogen and oxygen atoms in total. The molecule has 0 heterocycles. The monoisotopic (exact) mass is 359 g/mol. The van der Waals surface area contributed by atoms with Crippen LogP contribution in [-0.2, 0) is 5.75 Å². The van der Waals surface area contributed by atoms with Gasteiger partial charge in [-0.1, -0.05) is 42.1 Å². The van der Waals surface area contributed by atoms with E-state index in [1.54, 1.807) is 33.5 Å². The van der Waals surface area contributed by atoms with Gasteiger partial charge in [0, 0.05) is 5.75 Å². The van der Waals surface area contributed by atoms with Gasteiger partial charge in [-0.05, 0) is 17.7 Å². The summed E-state index contributed by atoms with van der Waals surface area (Å²) in [5, 5.41) is 8.44. The van der Waals surface area contributed by atoms with Crippen LogP contribution in [0.4, 0.5) is 0 Å². The normalized spacial score (nSPS) is 11.6. The van der Waals surface area contributed by atoms with E-state index >= 15 is 0 Å². The second kappa shape index (κ2) is 9.58. The highest BCUT2D eigenvalue weighted by atomic mass is 32.2. The molecular weight excluding hydrogens is 338 g/mol. The Morgan fingerprint density at radius 2 is 1.68 bits per heavy atom. The minimum Gasteiger partial charge on any atom is -0.496 e. The van der Waals surface area contributed by atoms with E-state index in [2.05, 4.69) is 10.2 Å². The molecule has 2 N–H and O–H groups in total. The van der Waals surface area contributed by atoms with Crippen LogP contribution in [0.3, 0.4) is 0 Å². The molecule has 2 aromatic rings. The van der Waals surface area contributed by atoms with Crippen LogP contribution < -0.4 is 19.9 Å². The average Bonchev–Trinajstić information content (AvgIpc) is 2.66. The second-order valence-electron chi connectivity index (χ2n) is 4.87. The maximum Gasteiger partial charge on any atom is 0.180 e. The average molecular weight is 359 g/mol. The Morgan fingerprint density at radius 1 is 1.00 bits per heavy atom. The first-order valence-corrected chi connectivity index (χ1v) is 8.50. The maximum atomic E-state index is 5.89. The Bertz CT molecular complexity index is 749. The van der Waals surface area contributed by atoms with Crippen LogP contribution in [0.1, 0.15) is 11.1 Å². The molecule has 0 fully saturated rings. The number of rotatable bonds is 7. The van der Waals surface area contributed by atoms with Gasteiger partial charge in [0.15, 0.2) is 16.7 Å². The number of thioether (sulfide) groups is 1. The lowest BCUT2D eigenvalue weighted by Gasteiger charge is -2.13. The summed E-state index contributed by atoms with van der Waals surface area (Å²) in [7, 11) is 4.70. The van der Waals surface area contributed by atoms with E-state index in [0.29, 0.717) is 28.0 Å². The molecule has 2 rings (SSSR count). The highest BCUT2D eigenvalue weighted by molar-refractivity contribution is 8.13. The number of methoxy groups -OCH3 is 3. The number of nitrogens with two attached hydrogens (primary N) is 1. The molecule has 7 heteroatoms. The van der Waals surface area contributed by atoms with E-state index in [0.717, 1.165) is 5.75 Å². The second-order valence-corrected chi connectivity index (χ2v) is 5.87. The predicted octanol–water partition coefficient (Wildman–Crippen LogP) is 3.29. The number of benzene rings is 2. The Hall–Kier alpha value is -2.67. The molecule has 0 aliphatic rings. The van der Waals surface area contributed by atoms with Gasteiger partial charge in [-0.15, -0.1) is 5.10 Å². The number of ether oxygens (including phenoxy) is 3. The summed E-state index contributed by atoms with van der Waals surface area (Å²) in [6.45, 7) is 0. The minimum atomic E-state index is 0.376. The zero-order valence-corrected chi connectivity index (χ0v) is 15.2. The van der Waals surface area contributed by atoms with E-state index in [-0.39, 0.29) is 0 Å². The lowest BCUT2D eigenvalue weighted by Crippen LogP contribution is -2.06. The first-order chi connectivity index (χ1) is 12.2. The SMILES string of the molecule is COc1ccc(OC)c(OC)c1C=NN=C(N)SCc1ccccc1. The summed E-state index contributed by atoms with van der Waals surface area (Å²) in [4.78, 5) is 0. The number of nitrogens with zero attached hydrogens (tertiary/aromatic N) is 2. The van der Waals surface area contributed by atoms with Gasteiger partial charge in [0.25, 0.3) is 0 Å². The molecule has 2 aromatic carbocycles. The Balaban J connectivity index is 2.12. The highest BCUT2D eigenvalue weighted by Gasteiger charge is 2.13. The van der Waals surface area contributed by atoms with Crippen molar-refractivity contribution < 1.29 is 14.2 Å². The fourth-order valence-corrected chi connectivity index (χ4v) is 2.75. The van der Waals surface area contributed by atoms with Crippen LogP contribution in [0.5, 0.6) is 17.2 Å². The fourth-order valence-electron chi connectivity index (χ4n) is 2.14. The molecular formula is C18H21N3O3S. The third-order valence-corrected chi connectivity index (χ3v) is 4.19. The van der Waals surface area contributed by atoms with E-state index in [9.17, 15) is 0 Å². The molecule has 25 heavy (non-hydrogen) atoms. The number of hydrogen-bond donors (Lipinski definition) is 1. The Labute approximate surface area is 151 Å². The largest absolute Gasteiger partial charge is 0.496 e. The van der Waals surface area contributed by atoms with Crippen molar-refractivity contribution in [3.05, 3.63) is 53.6 Å². The van der Waals surface area contributed by atoms with Gasteiger partial charge in [0.2, 0.25) is 0 Å². The van der Waals surface area contributed by atoms with Crippen molar-refractivity contribution in [1.29, 1.82) is 0 Å². The first-order valence-electron chi connectivity index (χ1n) is 7.51. The molecule has 0 saturated heterocycles. The van der Waals surface area contributed by atoms with Crippen molar-refractivity contribution in [3.8, 4) is 17.2 Å². The zero-order chi connectivity index (χ0) is 18.1. The maximum absolute atomic E-state index is 5.89. The standard InChI is InChI=1S/C18H21N3O3S/c1-22-15-9-10-16(23-2)17(24-3)14(15)11-20-21-18(19)25-12-13-7-5-4-6-8-13/h4-11H,12H2,1-3H3,(H2,19,21). The molecule has 0 unspecified atom stereocenters. The summed E-state index contributed by atoms with van der Waals surface area (Å²) in [5.74, 6) is 2.45. The van der Waals surface area contributed by atoms with Crippen molar-refractivity contribution in [3.63, 3.8) is 0 Å². The quantitative estimate of drug-likeness (QED) is 0.466. The van der Waals surface area contributed by atoms with Gasteiger partial charge in [-0.2, -0.15) is 5.10 Å². The summed E-state index contributed by atoms with van der Waals surface area (Å²) < 4.78 is 16.0. The zero-order valence-electron chi connectivity index (χ0n) is 14.4. The van der Waals surface area contributed by atoms with E-state index in [1.165, 1.54) is 23.5 Å². The van der Waals surface area contributed by atoms with Crippen molar-refractivity contribution in [2.75, 3.05) is 21.3 Å². The van der Waals surface area contributed by atoms with Crippen molar-refractivity contribution in [2.24, 2.45) is 15.9 Å². The first kappa shape index (κ1) is 18.7. The fraction of sp³-hybridized carbons (Fsp3) is 0.222. The van der Waals surface area contributed by atoms with E-state index in [1.807, 2.05) is 30.3 Å². The van der Waals surface area contributed by atoms with Crippen molar-refractivity contribution >= 4 is 23.1 Å². The lowest BCUT2D eigenvalue weighted by molar-refractivity contribution is 0.348. The Kier molecular flexibility index (Phi) is 7.16. The topological polar surface area (TPSA) is 78.4 Å². The van der Waals surface area contributed by atoms with Crippen LogP contribution >= 0.6 is 11.8 Å². The van der Waals surface area contributed by atoms with E-state index in [4.69, 9.17) is 19.9 Å². The van der Waals surface area contributed by atoms with Crippen LogP contribution in [0, 0.1) is 0 Å². The van der Waals surface area contributed by atoms with Crippen LogP contribution in [0.15, 0.2) is 52.7 Å². The number of amidine groups is 1. The van der Waals surface area contributed by atoms with Gasteiger partial charge in [-0.25, -0.2) is 0 Å².